The third-order valence-electron chi connectivity index (χ3n) is 2.07. The Balaban J connectivity index is 2.93. The van der Waals surface area contributed by atoms with E-state index in [0.717, 1.165) is 15.4 Å². The number of aldehydes is 1. The summed E-state index contributed by atoms with van der Waals surface area (Å²) in [5.74, 6) is 0.698. The van der Waals surface area contributed by atoms with Gasteiger partial charge in [0.1, 0.15) is 12.0 Å². The highest BCUT2D eigenvalue weighted by Crippen LogP contribution is 2.26. The summed E-state index contributed by atoms with van der Waals surface area (Å²) >= 11 is 2.20. The van der Waals surface area contributed by atoms with E-state index in [4.69, 9.17) is 9.47 Å². The Labute approximate surface area is 109 Å². The van der Waals surface area contributed by atoms with E-state index in [-0.39, 0.29) is 6.29 Å². The molecular formula is C12H15IO3. The standard InChI is InChI=1S/C12H15IO3/c1-4-15-9(3)16-11-6-10(7-14)5-8(2)12(11)13/h5-7,9H,4H2,1-3H3. The summed E-state index contributed by atoms with van der Waals surface area (Å²) in [4.78, 5) is 10.7. The summed E-state index contributed by atoms with van der Waals surface area (Å²) in [6.07, 6.45) is 0.515. The van der Waals surface area contributed by atoms with Gasteiger partial charge in [0.15, 0.2) is 6.29 Å². The lowest BCUT2D eigenvalue weighted by molar-refractivity contribution is -0.0618. The maximum absolute atomic E-state index is 10.7. The zero-order chi connectivity index (χ0) is 12.1. The second kappa shape index (κ2) is 6.20. The number of carbonyl (C=O) groups excluding carboxylic acids is 1. The Morgan fingerprint density at radius 2 is 2.19 bits per heavy atom. The number of ether oxygens (including phenoxy) is 2. The van der Waals surface area contributed by atoms with Crippen molar-refractivity contribution in [2.24, 2.45) is 0 Å². The van der Waals surface area contributed by atoms with Crippen molar-refractivity contribution in [1.29, 1.82) is 0 Å². The summed E-state index contributed by atoms with van der Waals surface area (Å²) in [5.41, 5.74) is 1.65. The van der Waals surface area contributed by atoms with E-state index in [1.807, 2.05) is 26.8 Å². The topological polar surface area (TPSA) is 35.5 Å². The van der Waals surface area contributed by atoms with Crippen molar-refractivity contribution in [3.8, 4) is 5.75 Å². The van der Waals surface area contributed by atoms with E-state index in [1.54, 1.807) is 6.07 Å². The number of aryl methyl sites for hydroxylation is 1. The van der Waals surface area contributed by atoms with Gasteiger partial charge in [-0.1, -0.05) is 0 Å². The van der Waals surface area contributed by atoms with Crippen LogP contribution in [0.4, 0.5) is 0 Å². The van der Waals surface area contributed by atoms with Gasteiger partial charge in [0.2, 0.25) is 0 Å². The molecule has 0 radical (unpaired) electrons. The highest BCUT2D eigenvalue weighted by atomic mass is 127. The minimum atomic E-state index is -0.306. The lowest BCUT2D eigenvalue weighted by Gasteiger charge is -2.16. The lowest BCUT2D eigenvalue weighted by Crippen LogP contribution is -2.16. The van der Waals surface area contributed by atoms with Crippen molar-refractivity contribution in [3.63, 3.8) is 0 Å². The third-order valence-corrected chi connectivity index (χ3v) is 3.46. The van der Waals surface area contributed by atoms with E-state index in [9.17, 15) is 4.79 Å². The molecule has 0 bridgehead atoms. The average Bonchev–Trinajstić information content (AvgIpc) is 2.24. The van der Waals surface area contributed by atoms with Gasteiger partial charge in [-0.15, -0.1) is 0 Å². The van der Waals surface area contributed by atoms with Gasteiger partial charge in [-0.25, -0.2) is 0 Å². The van der Waals surface area contributed by atoms with Gasteiger partial charge >= 0.3 is 0 Å². The molecule has 0 aliphatic rings. The van der Waals surface area contributed by atoms with Crippen LogP contribution in [0.15, 0.2) is 12.1 Å². The Bertz CT molecular complexity index is 377. The summed E-state index contributed by atoms with van der Waals surface area (Å²) in [7, 11) is 0. The van der Waals surface area contributed by atoms with Crippen LogP contribution in [0.25, 0.3) is 0 Å². The van der Waals surface area contributed by atoms with Crippen molar-refractivity contribution < 1.29 is 14.3 Å². The number of halogens is 1. The van der Waals surface area contributed by atoms with Gasteiger partial charge in [-0.2, -0.15) is 0 Å². The van der Waals surface area contributed by atoms with Crippen molar-refractivity contribution in [3.05, 3.63) is 26.8 Å². The van der Waals surface area contributed by atoms with Gasteiger partial charge in [-0.3, -0.25) is 4.79 Å². The van der Waals surface area contributed by atoms with E-state index < -0.39 is 0 Å². The molecule has 0 N–H and O–H groups in total. The highest BCUT2D eigenvalue weighted by molar-refractivity contribution is 14.1. The van der Waals surface area contributed by atoms with E-state index in [0.29, 0.717) is 17.9 Å². The molecule has 0 amide bonds. The molecule has 1 unspecified atom stereocenters. The first-order valence-corrected chi connectivity index (χ1v) is 6.20. The van der Waals surface area contributed by atoms with Gasteiger partial charge in [-0.05, 0) is 61.1 Å². The summed E-state index contributed by atoms with van der Waals surface area (Å²) < 4.78 is 11.9. The highest BCUT2D eigenvalue weighted by Gasteiger charge is 2.10. The molecule has 1 rings (SSSR count). The maximum Gasteiger partial charge on any atom is 0.197 e. The monoisotopic (exact) mass is 334 g/mol. The molecular weight excluding hydrogens is 319 g/mol. The van der Waals surface area contributed by atoms with Gasteiger partial charge in [0.25, 0.3) is 0 Å². The van der Waals surface area contributed by atoms with Crippen LogP contribution < -0.4 is 4.74 Å². The zero-order valence-electron chi connectivity index (χ0n) is 9.62. The molecule has 1 aromatic rings. The fraction of sp³-hybridized carbons (Fsp3) is 0.417. The van der Waals surface area contributed by atoms with Crippen LogP contribution in [0, 0.1) is 10.5 Å². The number of hydrogen-bond acceptors (Lipinski definition) is 3. The second-order valence-corrected chi connectivity index (χ2v) is 4.49. The van der Waals surface area contributed by atoms with Crippen LogP contribution in [-0.2, 0) is 4.74 Å². The van der Waals surface area contributed by atoms with E-state index in [2.05, 4.69) is 22.6 Å². The smallest absolute Gasteiger partial charge is 0.197 e. The lowest BCUT2D eigenvalue weighted by atomic mass is 10.1. The fourth-order valence-electron chi connectivity index (χ4n) is 1.37. The first-order valence-electron chi connectivity index (χ1n) is 5.12. The van der Waals surface area contributed by atoms with Crippen LogP contribution in [0.2, 0.25) is 0 Å². The Hall–Kier alpha value is -0.620. The van der Waals surface area contributed by atoms with Crippen LogP contribution in [0.5, 0.6) is 5.75 Å². The Morgan fingerprint density at radius 1 is 1.50 bits per heavy atom. The largest absolute Gasteiger partial charge is 0.464 e. The van der Waals surface area contributed by atoms with Crippen LogP contribution in [-0.4, -0.2) is 19.2 Å². The fourth-order valence-corrected chi connectivity index (χ4v) is 1.80. The molecule has 0 spiro atoms. The van der Waals surface area contributed by atoms with Gasteiger partial charge in [0, 0.05) is 12.2 Å². The molecule has 0 aromatic heterocycles. The molecule has 16 heavy (non-hydrogen) atoms. The molecule has 1 atom stereocenters. The molecule has 3 nitrogen and oxygen atoms in total. The predicted molar refractivity (Wildman–Crippen MR) is 71.0 cm³/mol. The van der Waals surface area contributed by atoms with Crippen molar-refractivity contribution in [2.75, 3.05) is 6.61 Å². The number of hydrogen-bond donors (Lipinski definition) is 0. The normalized spacial score (nSPS) is 12.2. The van der Waals surface area contributed by atoms with Gasteiger partial charge in [0.05, 0.1) is 3.57 Å². The quantitative estimate of drug-likeness (QED) is 0.471. The molecule has 0 saturated heterocycles. The summed E-state index contributed by atoms with van der Waals surface area (Å²) in [5, 5.41) is 0. The zero-order valence-corrected chi connectivity index (χ0v) is 11.8. The molecule has 0 aliphatic heterocycles. The van der Waals surface area contributed by atoms with Crippen LogP contribution >= 0.6 is 22.6 Å². The number of rotatable bonds is 5. The SMILES string of the molecule is CCOC(C)Oc1cc(C=O)cc(C)c1I. The van der Waals surface area contributed by atoms with Gasteiger partial charge < -0.3 is 9.47 Å². The second-order valence-electron chi connectivity index (χ2n) is 3.41. The minimum Gasteiger partial charge on any atom is -0.464 e. The van der Waals surface area contributed by atoms with E-state index in [1.165, 1.54) is 0 Å². The molecule has 4 heteroatoms. The van der Waals surface area contributed by atoms with Crippen molar-refractivity contribution >= 4 is 28.9 Å². The predicted octanol–water partition coefficient (Wildman–Crippen LogP) is 3.17. The molecule has 0 aliphatic carbocycles. The summed E-state index contributed by atoms with van der Waals surface area (Å²) in [6, 6.07) is 3.57. The first kappa shape index (κ1) is 13.4. The maximum atomic E-state index is 10.7. The molecule has 0 heterocycles. The van der Waals surface area contributed by atoms with E-state index >= 15 is 0 Å². The molecule has 1 aromatic carbocycles. The average molecular weight is 334 g/mol. The molecule has 0 saturated carbocycles. The Morgan fingerprint density at radius 3 is 2.75 bits per heavy atom. The summed E-state index contributed by atoms with van der Waals surface area (Å²) in [6.45, 7) is 6.30. The first-order chi connectivity index (χ1) is 7.58. The number of carbonyl (C=O) groups is 1. The van der Waals surface area contributed by atoms with Crippen molar-refractivity contribution in [1.82, 2.24) is 0 Å². The molecule has 88 valence electrons. The molecule has 0 fully saturated rings. The van der Waals surface area contributed by atoms with Crippen LogP contribution in [0.1, 0.15) is 29.8 Å². The van der Waals surface area contributed by atoms with Crippen LogP contribution in [0.3, 0.4) is 0 Å². The third kappa shape index (κ3) is 3.45. The minimum absolute atomic E-state index is 0.306. The van der Waals surface area contributed by atoms with Crippen molar-refractivity contribution in [2.45, 2.75) is 27.1 Å². The number of benzene rings is 1. The Kier molecular flexibility index (Phi) is 5.21.